The van der Waals surface area contributed by atoms with Gasteiger partial charge in [-0.1, -0.05) is 12.1 Å². The highest BCUT2D eigenvalue weighted by Crippen LogP contribution is 2.27. The Bertz CT molecular complexity index is 1050. The lowest BCUT2D eigenvalue weighted by molar-refractivity contribution is -0.174. The number of amides is 1. The molecule has 0 saturated carbocycles. The Kier molecular flexibility index (Phi) is 6.76. The standard InChI is InChI=1S/C19H18F3NO6S/c1-11(23-18(26)19(20,21)22)9-12-3-5-13(6-4-12)30(27,28)14-7-8-16(24)15(10-14)17(25)29-2/h3-8,10-11,24H,9H2,1-2H3,(H,23,26). The molecule has 2 rings (SSSR count). The van der Waals surface area contributed by atoms with Crippen molar-refractivity contribution < 1.29 is 41.0 Å². The lowest BCUT2D eigenvalue weighted by Crippen LogP contribution is -2.42. The van der Waals surface area contributed by atoms with Gasteiger partial charge in [0.15, 0.2) is 0 Å². The molecule has 1 unspecified atom stereocenters. The molecule has 0 bridgehead atoms. The number of methoxy groups -OCH3 is 1. The summed E-state index contributed by atoms with van der Waals surface area (Å²) in [6.07, 6.45) is -4.94. The zero-order chi connectivity index (χ0) is 22.7. The number of aromatic hydroxyl groups is 1. The minimum Gasteiger partial charge on any atom is -0.507 e. The van der Waals surface area contributed by atoms with Gasteiger partial charge >= 0.3 is 18.1 Å². The fraction of sp³-hybridized carbons (Fsp3) is 0.263. The van der Waals surface area contributed by atoms with Crippen LogP contribution in [0.3, 0.4) is 0 Å². The summed E-state index contributed by atoms with van der Waals surface area (Å²) in [6.45, 7) is 1.39. The predicted molar refractivity (Wildman–Crippen MR) is 98.7 cm³/mol. The molecule has 1 amide bonds. The molecule has 2 N–H and O–H groups in total. The van der Waals surface area contributed by atoms with E-state index in [-0.39, 0.29) is 21.8 Å². The molecule has 30 heavy (non-hydrogen) atoms. The van der Waals surface area contributed by atoms with Crippen molar-refractivity contribution in [2.24, 2.45) is 0 Å². The molecule has 0 aromatic heterocycles. The number of phenolic OH excluding ortho intramolecular Hbond substituents is 1. The Hall–Kier alpha value is -3.08. The summed E-state index contributed by atoms with van der Waals surface area (Å²) in [4.78, 5) is 22.2. The van der Waals surface area contributed by atoms with Gasteiger partial charge in [-0.3, -0.25) is 4.79 Å². The second-order valence-corrected chi connectivity index (χ2v) is 8.34. The summed E-state index contributed by atoms with van der Waals surface area (Å²) in [6, 6.07) is 7.66. The van der Waals surface area contributed by atoms with Crippen LogP contribution in [0.2, 0.25) is 0 Å². The summed E-state index contributed by atoms with van der Waals surface area (Å²) < 4.78 is 66.9. The van der Waals surface area contributed by atoms with E-state index >= 15 is 0 Å². The minimum absolute atomic E-state index is 0.0495. The van der Waals surface area contributed by atoms with Crippen molar-refractivity contribution in [3.8, 4) is 5.75 Å². The fourth-order valence-electron chi connectivity index (χ4n) is 2.61. The summed E-state index contributed by atoms with van der Waals surface area (Å²) in [7, 11) is -2.96. The molecular formula is C19H18F3NO6S. The Morgan fingerprint density at radius 3 is 2.20 bits per heavy atom. The van der Waals surface area contributed by atoms with E-state index in [0.29, 0.717) is 5.56 Å². The van der Waals surface area contributed by atoms with Crippen molar-refractivity contribution >= 4 is 21.7 Å². The number of ether oxygens (including phenoxy) is 1. The van der Waals surface area contributed by atoms with Gasteiger partial charge < -0.3 is 15.2 Å². The topological polar surface area (TPSA) is 110 Å². The van der Waals surface area contributed by atoms with Crippen molar-refractivity contribution in [2.45, 2.75) is 35.4 Å². The molecule has 162 valence electrons. The number of phenols is 1. The van der Waals surface area contributed by atoms with Gasteiger partial charge in [0.1, 0.15) is 11.3 Å². The third kappa shape index (κ3) is 5.29. The van der Waals surface area contributed by atoms with E-state index < -0.39 is 39.7 Å². The first kappa shape index (κ1) is 23.2. The molecule has 0 spiro atoms. The largest absolute Gasteiger partial charge is 0.507 e. The number of carbonyl (C=O) groups is 2. The zero-order valence-corrected chi connectivity index (χ0v) is 16.7. The molecule has 2 aromatic rings. The predicted octanol–water partition coefficient (Wildman–Crippen LogP) is 2.62. The number of nitrogens with one attached hydrogen (secondary N) is 1. The van der Waals surface area contributed by atoms with Crippen LogP contribution in [0, 0.1) is 0 Å². The summed E-state index contributed by atoms with van der Waals surface area (Å²) in [5.41, 5.74) is 0.189. The molecule has 0 aliphatic heterocycles. The lowest BCUT2D eigenvalue weighted by atomic mass is 10.1. The number of hydrogen-bond donors (Lipinski definition) is 2. The maximum atomic E-state index is 12.8. The highest BCUT2D eigenvalue weighted by Gasteiger charge is 2.39. The Balaban J connectivity index is 2.21. The van der Waals surface area contributed by atoms with Crippen molar-refractivity contribution in [3.63, 3.8) is 0 Å². The second kappa shape index (κ2) is 8.74. The highest BCUT2D eigenvalue weighted by atomic mass is 32.2. The minimum atomic E-state index is -4.99. The molecule has 0 aliphatic carbocycles. The van der Waals surface area contributed by atoms with Crippen LogP contribution < -0.4 is 5.32 Å². The van der Waals surface area contributed by atoms with Gasteiger partial charge in [-0.15, -0.1) is 0 Å². The molecule has 7 nitrogen and oxygen atoms in total. The quantitative estimate of drug-likeness (QED) is 0.662. The normalized spacial score (nSPS) is 12.8. The number of alkyl halides is 3. The molecule has 1 atom stereocenters. The van der Waals surface area contributed by atoms with Crippen LogP contribution in [0.5, 0.6) is 5.75 Å². The van der Waals surface area contributed by atoms with Crippen LogP contribution in [0.1, 0.15) is 22.8 Å². The van der Waals surface area contributed by atoms with E-state index in [0.717, 1.165) is 25.3 Å². The molecule has 0 aliphatic rings. The first-order valence-electron chi connectivity index (χ1n) is 8.49. The molecule has 11 heteroatoms. The zero-order valence-electron chi connectivity index (χ0n) is 15.9. The van der Waals surface area contributed by atoms with E-state index in [4.69, 9.17) is 0 Å². The molecule has 0 heterocycles. The van der Waals surface area contributed by atoms with Crippen LogP contribution in [0.25, 0.3) is 0 Å². The van der Waals surface area contributed by atoms with E-state index in [1.165, 1.54) is 31.2 Å². The van der Waals surface area contributed by atoms with Gasteiger partial charge in [-0.05, 0) is 49.2 Å². The lowest BCUT2D eigenvalue weighted by Gasteiger charge is -2.15. The number of benzene rings is 2. The summed E-state index contributed by atoms with van der Waals surface area (Å²) >= 11 is 0. The third-order valence-electron chi connectivity index (χ3n) is 4.09. The highest BCUT2D eigenvalue weighted by molar-refractivity contribution is 7.91. The summed E-state index contributed by atoms with van der Waals surface area (Å²) in [5.74, 6) is -3.40. The van der Waals surface area contributed by atoms with E-state index in [9.17, 15) is 36.3 Å². The van der Waals surface area contributed by atoms with Crippen LogP contribution in [-0.2, 0) is 25.8 Å². The van der Waals surface area contributed by atoms with Gasteiger partial charge in [-0.2, -0.15) is 13.2 Å². The van der Waals surface area contributed by atoms with E-state index in [2.05, 4.69) is 4.74 Å². The number of rotatable bonds is 6. The van der Waals surface area contributed by atoms with Crippen LogP contribution >= 0.6 is 0 Å². The van der Waals surface area contributed by atoms with Gasteiger partial charge in [0.2, 0.25) is 9.84 Å². The number of esters is 1. The van der Waals surface area contributed by atoms with Gasteiger partial charge in [-0.25, -0.2) is 13.2 Å². The van der Waals surface area contributed by atoms with Crippen molar-refractivity contribution in [1.29, 1.82) is 0 Å². The Morgan fingerprint density at radius 2 is 1.67 bits per heavy atom. The average molecular weight is 445 g/mol. The van der Waals surface area contributed by atoms with E-state index in [1.54, 1.807) is 0 Å². The third-order valence-corrected chi connectivity index (χ3v) is 5.86. The van der Waals surface area contributed by atoms with Crippen LogP contribution in [0.15, 0.2) is 52.3 Å². The number of sulfone groups is 1. The smallest absolute Gasteiger partial charge is 0.471 e. The van der Waals surface area contributed by atoms with Crippen LogP contribution in [-0.4, -0.2) is 44.7 Å². The fourth-order valence-corrected chi connectivity index (χ4v) is 3.89. The molecule has 0 saturated heterocycles. The Labute approximate surface area is 170 Å². The number of hydrogen-bond acceptors (Lipinski definition) is 6. The number of halogens is 3. The molecular weight excluding hydrogens is 427 g/mol. The SMILES string of the molecule is COC(=O)c1cc(S(=O)(=O)c2ccc(CC(C)NC(=O)C(F)(F)F)cc2)ccc1O. The van der Waals surface area contributed by atoms with E-state index in [1.807, 2.05) is 5.32 Å². The van der Waals surface area contributed by atoms with Gasteiger partial charge in [0, 0.05) is 6.04 Å². The first-order valence-corrected chi connectivity index (χ1v) is 9.97. The van der Waals surface area contributed by atoms with Crippen molar-refractivity contribution in [1.82, 2.24) is 5.32 Å². The average Bonchev–Trinajstić information content (AvgIpc) is 2.67. The number of carbonyl (C=O) groups excluding carboxylic acids is 2. The molecule has 2 aromatic carbocycles. The monoisotopic (exact) mass is 445 g/mol. The van der Waals surface area contributed by atoms with Crippen molar-refractivity contribution in [3.05, 3.63) is 53.6 Å². The second-order valence-electron chi connectivity index (χ2n) is 6.39. The maximum Gasteiger partial charge on any atom is 0.471 e. The van der Waals surface area contributed by atoms with Gasteiger partial charge in [0.25, 0.3) is 0 Å². The molecule has 0 fully saturated rings. The van der Waals surface area contributed by atoms with Crippen molar-refractivity contribution in [2.75, 3.05) is 7.11 Å². The molecule has 0 radical (unpaired) electrons. The first-order chi connectivity index (χ1) is 13.9. The summed E-state index contributed by atoms with van der Waals surface area (Å²) in [5, 5.41) is 11.5. The van der Waals surface area contributed by atoms with Gasteiger partial charge in [0.05, 0.1) is 16.9 Å². The Morgan fingerprint density at radius 1 is 1.10 bits per heavy atom. The van der Waals surface area contributed by atoms with Crippen LogP contribution in [0.4, 0.5) is 13.2 Å². The maximum absolute atomic E-state index is 12.8.